The van der Waals surface area contributed by atoms with Crippen LogP contribution in [0.2, 0.25) is 0 Å². The van der Waals surface area contributed by atoms with Crippen LogP contribution in [0.15, 0.2) is 52.7 Å². The zero-order valence-electron chi connectivity index (χ0n) is 19.2. The number of hydrogen-bond donors (Lipinski definition) is 1. The number of ketones is 1. The predicted molar refractivity (Wildman–Crippen MR) is 132 cm³/mol. The van der Waals surface area contributed by atoms with Crippen molar-refractivity contribution in [3.8, 4) is 16.4 Å². The van der Waals surface area contributed by atoms with Crippen LogP contribution in [0.3, 0.4) is 0 Å². The van der Waals surface area contributed by atoms with E-state index < -0.39 is 26.6 Å². The number of carbonyl (C=O) groups is 1. The number of thiazole rings is 1. The standard InChI is InChI=1S/C25H22F2N4O3S2/c1-14(32)21-13-35-25(29-21)31-22(11-15-5-6-15)19(24(30-31)17-3-2-4-18(26)12-17)9-16-7-8-23(20(27)10-16)36(28,33)34/h2-4,7-8,10,12-13,15H,5-6,9,11H2,1H3,(H2,28,33,34). The maximum atomic E-state index is 14.6. The van der Waals surface area contributed by atoms with Crippen molar-refractivity contribution in [2.75, 3.05) is 0 Å². The summed E-state index contributed by atoms with van der Waals surface area (Å²) in [6.45, 7) is 1.44. The van der Waals surface area contributed by atoms with Gasteiger partial charge in [-0.2, -0.15) is 5.10 Å². The van der Waals surface area contributed by atoms with E-state index in [9.17, 15) is 22.0 Å². The molecule has 186 valence electrons. The van der Waals surface area contributed by atoms with Gasteiger partial charge in [-0.05, 0) is 55.0 Å². The second kappa shape index (κ2) is 9.30. The van der Waals surface area contributed by atoms with E-state index in [1.165, 1.54) is 36.5 Å². The van der Waals surface area contributed by atoms with Gasteiger partial charge >= 0.3 is 0 Å². The number of nitrogens with zero attached hydrogens (tertiary/aromatic N) is 3. The maximum absolute atomic E-state index is 14.6. The van der Waals surface area contributed by atoms with Crippen molar-refractivity contribution in [3.05, 3.63) is 82.0 Å². The van der Waals surface area contributed by atoms with E-state index >= 15 is 0 Å². The van der Waals surface area contributed by atoms with Gasteiger partial charge in [-0.15, -0.1) is 11.3 Å². The summed E-state index contributed by atoms with van der Waals surface area (Å²) in [4.78, 5) is 15.7. The van der Waals surface area contributed by atoms with E-state index in [2.05, 4.69) is 4.98 Å². The molecule has 0 unspecified atom stereocenters. The fourth-order valence-electron chi connectivity index (χ4n) is 4.11. The van der Waals surface area contributed by atoms with Crippen LogP contribution in [0.25, 0.3) is 16.4 Å². The number of primary sulfonamides is 1. The predicted octanol–water partition coefficient (Wildman–Crippen LogP) is 4.67. The number of rotatable bonds is 8. The van der Waals surface area contributed by atoms with Crippen molar-refractivity contribution in [1.29, 1.82) is 0 Å². The molecular weight excluding hydrogens is 506 g/mol. The Hall–Kier alpha value is -3.28. The number of halogens is 2. The number of hydrogen-bond acceptors (Lipinski definition) is 6. The van der Waals surface area contributed by atoms with Gasteiger partial charge in [0.25, 0.3) is 0 Å². The fourth-order valence-corrected chi connectivity index (χ4v) is 5.54. The van der Waals surface area contributed by atoms with Crippen molar-refractivity contribution in [3.63, 3.8) is 0 Å². The lowest BCUT2D eigenvalue weighted by molar-refractivity contribution is 0.101. The summed E-state index contributed by atoms with van der Waals surface area (Å²) in [6, 6.07) is 9.85. The summed E-state index contributed by atoms with van der Waals surface area (Å²) in [6.07, 6.45) is 3.04. The quantitative estimate of drug-likeness (QED) is 0.335. The molecule has 2 N–H and O–H groups in total. The molecule has 0 amide bonds. The third kappa shape index (κ3) is 4.99. The van der Waals surface area contributed by atoms with Crippen molar-refractivity contribution in [2.24, 2.45) is 11.1 Å². The van der Waals surface area contributed by atoms with Crippen LogP contribution in [0.4, 0.5) is 8.78 Å². The van der Waals surface area contributed by atoms with E-state index in [0.717, 1.165) is 36.2 Å². The third-order valence-corrected chi connectivity index (χ3v) is 7.84. The van der Waals surface area contributed by atoms with E-state index in [-0.39, 0.29) is 12.2 Å². The summed E-state index contributed by atoms with van der Waals surface area (Å²) in [5, 5.41) is 12.1. The molecule has 2 aromatic carbocycles. The summed E-state index contributed by atoms with van der Waals surface area (Å²) >= 11 is 1.28. The second-order valence-electron chi connectivity index (χ2n) is 8.90. The SMILES string of the molecule is CC(=O)c1csc(-n2nc(-c3cccc(F)c3)c(Cc3ccc(S(N)(=O)=O)c(F)c3)c2CC2CC2)n1. The summed E-state index contributed by atoms with van der Waals surface area (Å²) in [5.41, 5.74) is 3.51. The second-order valence-corrected chi connectivity index (χ2v) is 11.3. The monoisotopic (exact) mass is 528 g/mol. The smallest absolute Gasteiger partial charge is 0.240 e. The lowest BCUT2D eigenvalue weighted by atomic mass is 9.97. The van der Waals surface area contributed by atoms with Crippen molar-refractivity contribution in [2.45, 2.75) is 37.5 Å². The van der Waals surface area contributed by atoms with Gasteiger partial charge in [-0.1, -0.05) is 18.2 Å². The van der Waals surface area contributed by atoms with Gasteiger partial charge in [0.15, 0.2) is 5.78 Å². The number of nitrogens with two attached hydrogens (primary N) is 1. The first kappa shape index (κ1) is 24.4. The summed E-state index contributed by atoms with van der Waals surface area (Å²) in [7, 11) is -4.20. The highest BCUT2D eigenvalue weighted by molar-refractivity contribution is 7.89. The Morgan fingerprint density at radius 3 is 2.58 bits per heavy atom. The van der Waals surface area contributed by atoms with E-state index in [1.807, 2.05) is 0 Å². The van der Waals surface area contributed by atoms with Crippen molar-refractivity contribution >= 4 is 27.1 Å². The van der Waals surface area contributed by atoms with Gasteiger partial charge in [0.05, 0.1) is 11.4 Å². The molecule has 0 atom stereocenters. The highest BCUT2D eigenvalue weighted by atomic mass is 32.2. The molecule has 2 heterocycles. The Morgan fingerprint density at radius 2 is 1.97 bits per heavy atom. The van der Waals surface area contributed by atoms with Gasteiger partial charge in [0, 0.05) is 29.9 Å². The van der Waals surface area contributed by atoms with Crippen LogP contribution in [-0.2, 0) is 22.9 Å². The average molecular weight is 529 g/mol. The van der Waals surface area contributed by atoms with Crippen LogP contribution in [0, 0.1) is 17.6 Å². The van der Waals surface area contributed by atoms with Crippen molar-refractivity contribution in [1.82, 2.24) is 14.8 Å². The van der Waals surface area contributed by atoms with Crippen molar-refractivity contribution < 1.29 is 22.0 Å². The Morgan fingerprint density at radius 1 is 1.19 bits per heavy atom. The zero-order chi connectivity index (χ0) is 25.6. The zero-order valence-corrected chi connectivity index (χ0v) is 20.9. The number of carbonyl (C=O) groups excluding carboxylic acids is 1. The molecule has 1 aliphatic rings. The Kier molecular flexibility index (Phi) is 6.31. The molecule has 7 nitrogen and oxygen atoms in total. The molecule has 1 fully saturated rings. The fraction of sp³-hybridized carbons (Fsp3) is 0.240. The molecule has 0 aliphatic heterocycles. The lowest BCUT2D eigenvalue weighted by Crippen LogP contribution is -2.14. The summed E-state index contributed by atoms with van der Waals surface area (Å²) < 4.78 is 53.8. The molecule has 5 rings (SSSR count). The van der Waals surface area contributed by atoms with Gasteiger partial charge in [0.1, 0.15) is 22.2 Å². The van der Waals surface area contributed by atoms with E-state index in [4.69, 9.17) is 10.2 Å². The minimum absolute atomic E-state index is 0.163. The van der Waals surface area contributed by atoms with Crippen LogP contribution in [0.5, 0.6) is 0 Å². The van der Waals surface area contributed by atoms with Crippen LogP contribution in [0.1, 0.15) is 47.1 Å². The normalized spacial score (nSPS) is 13.8. The van der Waals surface area contributed by atoms with Gasteiger partial charge in [-0.25, -0.2) is 32.0 Å². The first-order chi connectivity index (χ1) is 17.1. The molecule has 0 radical (unpaired) electrons. The first-order valence-electron chi connectivity index (χ1n) is 11.2. The minimum Gasteiger partial charge on any atom is -0.293 e. The molecule has 2 aromatic heterocycles. The van der Waals surface area contributed by atoms with E-state index in [0.29, 0.717) is 40.0 Å². The Balaban J connectivity index is 1.68. The van der Waals surface area contributed by atoms with Crippen LogP contribution in [-0.4, -0.2) is 29.0 Å². The molecule has 36 heavy (non-hydrogen) atoms. The van der Waals surface area contributed by atoms with Gasteiger partial charge < -0.3 is 0 Å². The number of Topliss-reactive ketones (excluding diaryl/α,β-unsaturated/α-hetero) is 1. The number of aromatic nitrogens is 3. The molecular formula is C25H22F2N4O3S2. The topological polar surface area (TPSA) is 108 Å². The maximum Gasteiger partial charge on any atom is 0.240 e. The average Bonchev–Trinajstić information content (AvgIpc) is 3.36. The lowest BCUT2D eigenvalue weighted by Gasteiger charge is -2.10. The minimum atomic E-state index is -4.20. The molecule has 4 aromatic rings. The summed E-state index contributed by atoms with van der Waals surface area (Å²) in [5.74, 6) is -1.07. The van der Waals surface area contributed by atoms with E-state index in [1.54, 1.807) is 22.2 Å². The van der Waals surface area contributed by atoms with Crippen LogP contribution >= 0.6 is 11.3 Å². The highest BCUT2D eigenvalue weighted by Crippen LogP contribution is 2.38. The first-order valence-corrected chi connectivity index (χ1v) is 13.7. The van der Waals surface area contributed by atoms with Gasteiger partial charge in [-0.3, -0.25) is 4.79 Å². The highest BCUT2D eigenvalue weighted by Gasteiger charge is 2.29. The van der Waals surface area contributed by atoms with Crippen LogP contribution < -0.4 is 5.14 Å². The Labute approximate surface area is 210 Å². The third-order valence-electron chi connectivity index (χ3n) is 6.08. The van der Waals surface area contributed by atoms with Gasteiger partial charge in [0.2, 0.25) is 15.2 Å². The number of benzene rings is 2. The molecule has 1 saturated carbocycles. The molecule has 0 saturated heterocycles. The Bertz CT molecular complexity index is 1590. The molecule has 0 spiro atoms. The molecule has 1 aliphatic carbocycles. The number of sulfonamides is 1. The largest absolute Gasteiger partial charge is 0.293 e. The molecule has 0 bridgehead atoms. The molecule has 11 heteroatoms.